The quantitative estimate of drug-likeness (QED) is 0.0326. The number of rotatable bonds is 41. The Morgan fingerprint density at radius 1 is 0.536 bits per heavy atom. The maximum atomic E-state index is 13.1. The second-order valence-corrected chi connectivity index (χ2v) is 15.9. The van der Waals surface area contributed by atoms with Crippen LogP contribution in [0.5, 0.6) is 0 Å². The molecule has 6 nitrogen and oxygen atoms in total. The lowest BCUT2D eigenvalue weighted by atomic mass is 10.0. The summed E-state index contributed by atoms with van der Waals surface area (Å²) in [6, 6.07) is -0.708. The lowest BCUT2D eigenvalue weighted by molar-refractivity contribution is -0.151. The molecule has 0 rings (SSSR count). The number of aliphatic hydroxyl groups is 2. The highest BCUT2D eigenvalue weighted by molar-refractivity contribution is 5.77. The molecule has 0 aromatic carbocycles. The van der Waals surface area contributed by atoms with Crippen molar-refractivity contribution in [3.8, 4) is 0 Å². The van der Waals surface area contributed by atoms with Crippen LogP contribution in [-0.4, -0.2) is 46.9 Å². The number of carbonyl (C=O) groups excluding carboxylic acids is 2. The van der Waals surface area contributed by atoms with Crippen LogP contribution in [0, 0.1) is 0 Å². The Bertz CT molecular complexity index is 1010. The van der Waals surface area contributed by atoms with Crippen LogP contribution in [0.2, 0.25) is 0 Å². The number of hydrogen-bond donors (Lipinski definition) is 3. The van der Waals surface area contributed by atoms with E-state index in [-0.39, 0.29) is 24.9 Å². The van der Waals surface area contributed by atoms with Crippen molar-refractivity contribution in [3.63, 3.8) is 0 Å². The number of esters is 1. The first-order valence-electron chi connectivity index (χ1n) is 23.6. The van der Waals surface area contributed by atoms with Gasteiger partial charge in [-0.1, -0.05) is 223 Å². The van der Waals surface area contributed by atoms with E-state index in [9.17, 15) is 19.8 Å². The van der Waals surface area contributed by atoms with Gasteiger partial charge in [-0.05, 0) is 44.9 Å². The van der Waals surface area contributed by atoms with E-state index in [1.54, 1.807) is 0 Å². The van der Waals surface area contributed by atoms with E-state index >= 15 is 0 Å². The molecule has 0 aliphatic carbocycles. The molecule has 56 heavy (non-hydrogen) atoms. The average Bonchev–Trinajstić information content (AvgIpc) is 3.19. The zero-order chi connectivity index (χ0) is 41.0. The molecule has 0 heterocycles. The van der Waals surface area contributed by atoms with Crippen LogP contribution in [0.25, 0.3) is 0 Å². The van der Waals surface area contributed by atoms with E-state index < -0.39 is 18.2 Å². The third kappa shape index (κ3) is 38.4. The summed E-state index contributed by atoms with van der Waals surface area (Å²) in [5.74, 6) is -0.523. The molecule has 6 heteroatoms. The van der Waals surface area contributed by atoms with Crippen molar-refractivity contribution in [2.24, 2.45) is 0 Å². The molecule has 0 aromatic rings. The minimum atomic E-state index is -0.793. The number of hydrogen-bond acceptors (Lipinski definition) is 5. The van der Waals surface area contributed by atoms with Crippen molar-refractivity contribution in [3.05, 3.63) is 60.8 Å². The van der Waals surface area contributed by atoms with E-state index in [2.05, 4.69) is 44.3 Å². The van der Waals surface area contributed by atoms with Crippen molar-refractivity contribution in [2.45, 2.75) is 238 Å². The molecular weight excluding hydrogens is 695 g/mol. The van der Waals surface area contributed by atoms with Crippen LogP contribution < -0.4 is 5.32 Å². The molecule has 324 valence electrons. The summed E-state index contributed by atoms with van der Waals surface area (Å²) in [5.41, 5.74) is 0. The standard InChI is InChI=1S/C50H89NO5/c1-4-7-10-13-16-19-22-24-25-26-28-31-34-37-40-43-50(55)56-46(41-38-35-32-29-21-18-15-12-9-6-3)44-49(54)51-47(45-52)48(53)42-39-36-33-30-27-23-20-17-14-11-8-5-2/h7,10,13,16,19,22,24-26,28,46-48,52-53H,4-6,8-9,11-12,14-15,17-18,20-21,23,27,29-45H2,1-3H3,(H,51,54)/b10-7+,16-13+,22-19-,25-24-,28-26+. The molecular formula is C50H89NO5. The van der Waals surface area contributed by atoms with E-state index in [1.807, 2.05) is 42.5 Å². The molecule has 0 aliphatic heterocycles. The molecule has 0 fully saturated rings. The third-order valence-electron chi connectivity index (χ3n) is 10.5. The molecule has 0 bridgehead atoms. The number of aliphatic hydroxyl groups excluding tert-OH is 2. The zero-order valence-corrected chi connectivity index (χ0v) is 36.8. The van der Waals surface area contributed by atoms with Crippen molar-refractivity contribution < 1.29 is 24.5 Å². The van der Waals surface area contributed by atoms with E-state index in [1.165, 1.54) is 103 Å². The topological polar surface area (TPSA) is 95.9 Å². The largest absolute Gasteiger partial charge is 0.462 e. The van der Waals surface area contributed by atoms with Crippen LogP contribution in [0.3, 0.4) is 0 Å². The molecule has 0 radical (unpaired) electrons. The average molecular weight is 784 g/mol. The number of allylic oxidation sites excluding steroid dienone is 10. The first kappa shape index (κ1) is 53.6. The normalized spacial score (nSPS) is 13.9. The predicted octanol–water partition coefficient (Wildman–Crippen LogP) is 13.7. The Morgan fingerprint density at radius 3 is 1.45 bits per heavy atom. The predicted molar refractivity (Wildman–Crippen MR) is 241 cm³/mol. The molecule has 0 saturated heterocycles. The highest BCUT2D eigenvalue weighted by Gasteiger charge is 2.24. The van der Waals surface area contributed by atoms with Gasteiger partial charge in [0.05, 0.1) is 25.2 Å². The SMILES string of the molecule is CC/C=C/C=C/C=C\C=C/C=C/CCCCCC(=O)OC(CCCCCCCCCCCC)CC(=O)NC(CO)C(O)CCCCCCCCCCCCCC. The van der Waals surface area contributed by atoms with Crippen LogP contribution in [0.1, 0.15) is 220 Å². The molecule has 0 spiro atoms. The van der Waals surface area contributed by atoms with Gasteiger partial charge in [0.15, 0.2) is 0 Å². The first-order valence-corrected chi connectivity index (χ1v) is 23.6. The Morgan fingerprint density at radius 2 is 0.964 bits per heavy atom. The van der Waals surface area contributed by atoms with Crippen LogP contribution >= 0.6 is 0 Å². The number of carbonyl (C=O) groups is 2. The minimum absolute atomic E-state index is 0.0602. The summed E-state index contributed by atoms with van der Waals surface area (Å²) >= 11 is 0. The van der Waals surface area contributed by atoms with Gasteiger partial charge in [-0.2, -0.15) is 0 Å². The van der Waals surface area contributed by atoms with Gasteiger partial charge in [0.1, 0.15) is 6.10 Å². The molecule has 0 aliphatic rings. The fourth-order valence-corrected chi connectivity index (χ4v) is 6.92. The summed E-state index contributed by atoms with van der Waals surface area (Å²) in [5, 5.41) is 23.7. The van der Waals surface area contributed by atoms with Crippen molar-refractivity contribution in [1.29, 1.82) is 0 Å². The molecule has 3 atom stereocenters. The Labute approximate surface area is 346 Å². The van der Waals surface area contributed by atoms with E-state index in [4.69, 9.17) is 4.74 Å². The molecule has 1 amide bonds. The lowest BCUT2D eigenvalue weighted by Gasteiger charge is -2.24. The second kappa shape index (κ2) is 43.7. The van der Waals surface area contributed by atoms with E-state index in [0.717, 1.165) is 70.6 Å². The molecule has 0 aromatic heterocycles. The van der Waals surface area contributed by atoms with Gasteiger partial charge in [-0.25, -0.2) is 0 Å². The number of ether oxygens (including phenoxy) is 1. The van der Waals surface area contributed by atoms with Gasteiger partial charge in [-0.15, -0.1) is 0 Å². The fraction of sp³-hybridized carbons (Fsp3) is 0.760. The van der Waals surface area contributed by atoms with Crippen LogP contribution in [0.4, 0.5) is 0 Å². The zero-order valence-electron chi connectivity index (χ0n) is 36.8. The summed E-state index contributed by atoms with van der Waals surface area (Å²) in [6.07, 6.45) is 52.7. The van der Waals surface area contributed by atoms with Crippen LogP contribution in [0.15, 0.2) is 60.8 Å². The molecule has 0 saturated carbocycles. The van der Waals surface area contributed by atoms with Gasteiger partial charge in [0.25, 0.3) is 0 Å². The highest BCUT2D eigenvalue weighted by Crippen LogP contribution is 2.17. The van der Waals surface area contributed by atoms with Crippen molar-refractivity contribution in [1.82, 2.24) is 5.32 Å². The first-order chi connectivity index (χ1) is 27.5. The second-order valence-electron chi connectivity index (χ2n) is 15.9. The number of unbranched alkanes of at least 4 members (excludes halogenated alkanes) is 23. The lowest BCUT2D eigenvalue weighted by Crippen LogP contribution is -2.46. The van der Waals surface area contributed by atoms with Gasteiger partial charge in [-0.3, -0.25) is 9.59 Å². The highest BCUT2D eigenvalue weighted by atomic mass is 16.5. The van der Waals surface area contributed by atoms with Crippen LogP contribution in [-0.2, 0) is 14.3 Å². The third-order valence-corrected chi connectivity index (χ3v) is 10.5. The molecule has 3 N–H and O–H groups in total. The molecule has 3 unspecified atom stereocenters. The van der Waals surface area contributed by atoms with Gasteiger partial charge in [0, 0.05) is 6.42 Å². The number of nitrogens with one attached hydrogen (secondary N) is 1. The maximum Gasteiger partial charge on any atom is 0.306 e. The summed E-state index contributed by atoms with van der Waals surface area (Å²) < 4.78 is 5.88. The van der Waals surface area contributed by atoms with E-state index in [0.29, 0.717) is 19.3 Å². The Hall–Kier alpha value is -2.44. The maximum absolute atomic E-state index is 13.1. The van der Waals surface area contributed by atoms with Crippen molar-refractivity contribution in [2.75, 3.05) is 6.61 Å². The van der Waals surface area contributed by atoms with Gasteiger partial charge < -0.3 is 20.3 Å². The number of amides is 1. The van der Waals surface area contributed by atoms with Gasteiger partial charge in [0.2, 0.25) is 5.91 Å². The summed E-state index contributed by atoms with van der Waals surface area (Å²) in [7, 11) is 0. The Balaban J connectivity index is 4.63. The smallest absolute Gasteiger partial charge is 0.306 e. The monoisotopic (exact) mass is 784 g/mol. The minimum Gasteiger partial charge on any atom is -0.462 e. The van der Waals surface area contributed by atoms with Gasteiger partial charge >= 0.3 is 5.97 Å². The Kier molecular flexibility index (Phi) is 41.8. The van der Waals surface area contributed by atoms with Crippen molar-refractivity contribution >= 4 is 11.9 Å². The summed E-state index contributed by atoms with van der Waals surface area (Å²) in [6.45, 7) is 6.31. The summed E-state index contributed by atoms with van der Waals surface area (Å²) in [4.78, 5) is 26.0. The fourth-order valence-electron chi connectivity index (χ4n) is 6.92.